The summed E-state index contributed by atoms with van der Waals surface area (Å²) in [5, 5.41) is 5.62. The molecule has 84 valence electrons. The number of hydrogen-bond donors (Lipinski definition) is 0. The van der Waals surface area contributed by atoms with Crippen molar-refractivity contribution in [1.29, 1.82) is 0 Å². The Morgan fingerprint density at radius 2 is 2.38 bits per heavy atom. The number of carbonyl (C=O) groups is 1. The maximum atomic E-state index is 11.4. The maximum Gasteiger partial charge on any atom is 0.259 e. The zero-order chi connectivity index (χ0) is 11.1. The summed E-state index contributed by atoms with van der Waals surface area (Å²) in [5.74, 6) is 2.30. The molecule has 0 N–H and O–H groups in total. The van der Waals surface area contributed by atoms with Crippen molar-refractivity contribution in [1.82, 2.24) is 5.01 Å². The van der Waals surface area contributed by atoms with Crippen LogP contribution >= 0.6 is 24.0 Å². The summed E-state index contributed by atoms with van der Waals surface area (Å²) in [6, 6.07) is 0. The number of nitrogens with zero attached hydrogens (tertiary/aromatic N) is 2. The molecule has 0 spiro atoms. The Morgan fingerprint density at radius 3 is 2.94 bits per heavy atom. The number of thioether (sulfide) groups is 1. The Labute approximate surface area is 104 Å². The summed E-state index contributed by atoms with van der Waals surface area (Å²) >= 11 is 6.46. The molecule has 1 amide bonds. The fraction of sp³-hybridized carbons (Fsp3) is 0.545. The zero-order valence-corrected chi connectivity index (χ0v) is 10.3. The molecule has 0 aromatic carbocycles. The van der Waals surface area contributed by atoms with Crippen molar-refractivity contribution in [2.75, 3.05) is 5.75 Å². The highest BCUT2D eigenvalue weighted by Crippen LogP contribution is 2.42. The molecule has 1 saturated carbocycles. The monoisotopic (exact) mass is 252 g/mol. The van der Waals surface area contributed by atoms with Crippen LogP contribution in [0.4, 0.5) is 0 Å². The van der Waals surface area contributed by atoms with Crippen molar-refractivity contribution in [3.63, 3.8) is 0 Å². The number of hydrazone groups is 1. The number of hydrogen-bond acceptors (Lipinski definition) is 4. The predicted molar refractivity (Wildman–Crippen MR) is 69.2 cm³/mol. The van der Waals surface area contributed by atoms with E-state index < -0.39 is 0 Å². The summed E-state index contributed by atoms with van der Waals surface area (Å²) in [4.78, 5) is 11.4. The van der Waals surface area contributed by atoms with Gasteiger partial charge in [-0.05, 0) is 24.7 Å². The number of thiocarbonyl (C=S) groups is 1. The first-order valence-electron chi connectivity index (χ1n) is 5.46. The van der Waals surface area contributed by atoms with Crippen molar-refractivity contribution in [2.45, 2.75) is 12.8 Å². The van der Waals surface area contributed by atoms with Crippen molar-refractivity contribution in [2.24, 2.45) is 22.9 Å². The van der Waals surface area contributed by atoms with Gasteiger partial charge in [-0.1, -0.05) is 36.1 Å². The second kappa shape index (κ2) is 3.96. The fourth-order valence-electron chi connectivity index (χ4n) is 2.61. The quantitative estimate of drug-likeness (QED) is 0.428. The van der Waals surface area contributed by atoms with Crippen LogP contribution in [0.5, 0.6) is 0 Å². The van der Waals surface area contributed by atoms with Gasteiger partial charge in [0.25, 0.3) is 5.91 Å². The van der Waals surface area contributed by atoms with Gasteiger partial charge in [0.15, 0.2) is 4.32 Å². The van der Waals surface area contributed by atoms with Gasteiger partial charge in [0.1, 0.15) is 0 Å². The van der Waals surface area contributed by atoms with Crippen LogP contribution in [-0.2, 0) is 4.79 Å². The molecule has 1 heterocycles. The third kappa shape index (κ3) is 1.72. The topological polar surface area (TPSA) is 32.7 Å². The molecular formula is C11H12N2OS2. The van der Waals surface area contributed by atoms with Gasteiger partial charge in [0.05, 0.1) is 5.75 Å². The highest BCUT2D eigenvalue weighted by atomic mass is 32.2. The van der Waals surface area contributed by atoms with Crippen LogP contribution in [-0.4, -0.2) is 27.2 Å². The van der Waals surface area contributed by atoms with Crippen LogP contribution in [0.1, 0.15) is 12.8 Å². The highest BCUT2D eigenvalue weighted by Gasteiger charge is 2.35. The van der Waals surface area contributed by atoms with Gasteiger partial charge in [-0.2, -0.15) is 10.1 Å². The maximum absolute atomic E-state index is 11.4. The Morgan fingerprint density at radius 1 is 1.50 bits per heavy atom. The minimum Gasteiger partial charge on any atom is -0.272 e. The van der Waals surface area contributed by atoms with Crippen LogP contribution < -0.4 is 0 Å². The van der Waals surface area contributed by atoms with Crippen LogP contribution in [0.2, 0.25) is 0 Å². The van der Waals surface area contributed by atoms with Crippen LogP contribution in [0.25, 0.3) is 0 Å². The molecule has 3 atom stereocenters. The third-order valence-corrected chi connectivity index (χ3v) is 4.77. The highest BCUT2D eigenvalue weighted by molar-refractivity contribution is 8.23. The average molecular weight is 252 g/mol. The molecule has 0 aromatic rings. The first-order valence-corrected chi connectivity index (χ1v) is 6.85. The van der Waals surface area contributed by atoms with Gasteiger partial charge in [-0.25, -0.2) is 0 Å². The van der Waals surface area contributed by atoms with E-state index in [2.05, 4.69) is 17.3 Å². The molecule has 3 nitrogen and oxygen atoms in total. The Bertz CT molecular complexity index is 389. The second-order valence-electron chi connectivity index (χ2n) is 4.47. The Hall–Kier alpha value is -0.680. The number of allylic oxidation sites excluding steroid dienone is 2. The van der Waals surface area contributed by atoms with Gasteiger partial charge in [-0.3, -0.25) is 4.79 Å². The lowest BCUT2D eigenvalue weighted by atomic mass is 9.95. The molecule has 1 saturated heterocycles. The molecule has 0 aromatic heterocycles. The van der Waals surface area contributed by atoms with Gasteiger partial charge >= 0.3 is 0 Å². The molecule has 1 aliphatic heterocycles. The molecule has 2 bridgehead atoms. The minimum absolute atomic E-state index is 0.00458. The van der Waals surface area contributed by atoms with Crippen molar-refractivity contribution in [3.8, 4) is 0 Å². The lowest BCUT2D eigenvalue weighted by molar-refractivity contribution is -0.124. The minimum atomic E-state index is 0.00458. The molecule has 2 aliphatic carbocycles. The summed E-state index contributed by atoms with van der Waals surface area (Å²) in [6.45, 7) is 0. The fourth-order valence-corrected chi connectivity index (χ4v) is 3.57. The molecule has 5 heteroatoms. The van der Waals surface area contributed by atoms with E-state index in [1.165, 1.54) is 29.6 Å². The summed E-state index contributed by atoms with van der Waals surface area (Å²) in [6.07, 6.45) is 8.93. The Kier molecular flexibility index (Phi) is 2.59. The lowest BCUT2D eigenvalue weighted by Gasteiger charge is -2.14. The van der Waals surface area contributed by atoms with E-state index in [4.69, 9.17) is 12.2 Å². The number of fused-ring (bicyclic) bond motifs is 2. The summed E-state index contributed by atoms with van der Waals surface area (Å²) in [5.41, 5.74) is 0. The number of carbonyl (C=O) groups excluding carboxylic acids is 1. The van der Waals surface area contributed by atoms with Crippen LogP contribution in [0, 0.1) is 17.8 Å². The standard InChI is InChI=1S/C11H12N2OS2/c14-10-6-16-11(15)13(10)12-5-9-4-7-1-2-8(9)3-7/h1-2,5,7-9H,3-4,6H2/b12-5-/t7-,8-,9+/m1/s1. The summed E-state index contributed by atoms with van der Waals surface area (Å²) in [7, 11) is 0. The molecule has 2 fully saturated rings. The lowest BCUT2D eigenvalue weighted by Crippen LogP contribution is -2.23. The SMILES string of the molecule is O=C1CSC(=S)N1/N=C\[C@@H]1C[C@@H]2C=C[C@@H]1C2. The van der Waals surface area contributed by atoms with Crippen molar-refractivity contribution < 1.29 is 4.79 Å². The van der Waals surface area contributed by atoms with E-state index in [9.17, 15) is 4.79 Å². The smallest absolute Gasteiger partial charge is 0.259 e. The van der Waals surface area contributed by atoms with E-state index in [0.717, 1.165) is 5.92 Å². The van der Waals surface area contributed by atoms with E-state index in [0.29, 0.717) is 21.9 Å². The van der Waals surface area contributed by atoms with Gasteiger partial charge < -0.3 is 0 Å². The first-order chi connectivity index (χ1) is 7.74. The molecule has 0 radical (unpaired) electrons. The zero-order valence-electron chi connectivity index (χ0n) is 8.70. The Balaban J connectivity index is 1.68. The second-order valence-corrected chi connectivity index (χ2v) is 6.08. The van der Waals surface area contributed by atoms with Crippen molar-refractivity contribution in [3.05, 3.63) is 12.2 Å². The first kappa shape index (κ1) is 10.5. The van der Waals surface area contributed by atoms with E-state index in [1.54, 1.807) is 0 Å². The normalized spacial score (nSPS) is 37.2. The van der Waals surface area contributed by atoms with Gasteiger partial charge in [-0.15, -0.1) is 0 Å². The number of amides is 1. The van der Waals surface area contributed by atoms with Gasteiger partial charge in [0, 0.05) is 12.1 Å². The molecule has 16 heavy (non-hydrogen) atoms. The van der Waals surface area contributed by atoms with Crippen LogP contribution in [0.15, 0.2) is 17.3 Å². The van der Waals surface area contributed by atoms with E-state index in [-0.39, 0.29) is 5.91 Å². The largest absolute Gasteiger partial charge is 0.272 e. The van der Waals surface area contributed by atoms with E-state index >= 15 is 0 Å². The van der Waals surface area contributed by atoms with Crippen LogP contribution in [0.3, 0.4) is 0 Å². The molecular weight excluding hydrogens is 240 g/mol. The average Bonchev–Trinajstić information content (AvgIpc) is 2.94. The molecule has 3 rings (SSSR count). The third-order valence-electron chi connectivity index (χ3n) is 3.43. The predicted octanol–water partition coefficient (Wildman–Crippen LogP) is 2.04. The van der Waals surface area contributed by atoms with Gasteiger partial charge in [0.2, 0.25) is 0 Å². The number of rotatable bonds is 2. The van der Waals surface area contributed by atoms with E-state index in [1.807, 2.05) is 6.21 Å². The van der Waals surface area contributed by atoms with Crippen molar-refractivity contribution >= 4 is 40.4 Å². The summed E-state index contributed by atoms with van der Waals surface area (Å²) < 4.78 is 0.583. The molecule has 0 unspecified atom stereocenters. The molecule has 3 aliphatic rings.